The Balaban J connectivity index is 1.68. The Hall–Kier alpha value is 0.140. The van der Waals surface area contributed by atoms with Gasteiger partial charge in [0.15, 0.2) is 0 Å². The van der Waals surface area contributed by atoms with Crippen LogP contribution in [0, 0.1) is 5.92 Å². The van der Waals surface area contributed by atoms with Gasteiger partial charge in [-0.3, -0.25) is 4.90 Å². The predicted octanol–water partition coefficient (Wildman–Crippen LogP) is 3.89. The number of hydrogen-bond acceptors (Lipinski definition) is 2. The van der Waals surface area contributed by atoms with Crippen molar-refractivity contribution >= 4 is 27.3 Å². The molecule has 1 aromatic heterocycles. The van der Waals surface area contributed by atoms with Gasteiger partial charge < -0.3 is 0 Å². The van der Waals surface area contributed by atoms with Crippen LogP contribution in [0.3, 0.4) is 0 Å². The van der Waals surface area contributed by atoms with Crippen LogP contribution in [0.2, 0.25) is 0 Å². The van der Waals surface area contributed by atoms with E-state index in [9.17, 15) is 0 Å². The summed E-state index contributed by atoms with van der Waals surface area (Å²) < 4.78 is 1.24. The maximum absolute atomic E-state index is 3.53. The smallest absolute Gasteiger partial charge is 0.0331 e. The number of likely N-dealkylation sites (tertiary alicyclic amines) is 1. The summed E-state index contributed by atoms with van der Waals surface area (Å²) >= 11 is 5.41. The molecule has 2 aliphatic rings. The van der Waals surface area contributed by atoms with Crippen LogP contribution in [0.15, 0.2) is 15.9 Å². The Morgan fingerprint density at radius 2 is 2.33 bits per heavy atom. The molecule has 1 aliphatic carbocycles. The fourth-order valence-corrected chi connectivity index (χ4v) is 4.64. The molecule has 3 rings (SSSR count). The van der Waals surface area contributed by atoms with Gasteiger partial charge in [-0.05, 0) is 53.7 Å². The van der Waals surface area contributed by atoms with Crippen molar-refractivity contribution < 1.29 is 0 Å². The molecule has 0 spiro atoms. The summed E-state index contributed by atoms with van der Waals surface area (Å²) in [5.41, 5.74) is 0. The zero-order valence-corrected chi connectivity index (χ0v) is 11.2. The number of fused-ring (bicyclic) bond motifs is 1. The van der Waals surface area contributed by atoms with Crippen LogP contribution >= 0.6 is 27.3 Å². The third kappa shape index (κ3) is 2.02. The lowest BCUT2D eigenvalue weighted by molar-refractivity contribution is 0.235. The second kappa shape index (κ2) is 4.19. The molecule has 0 N–H and O–H groups in total. The molecule has 2 atom stereocenters. The number of hydrogen-bond donors (Lipinski definition) is 0. The number of thiophene rings is 1. The Labute approximate surface area is 104 Å². The molecular formula is C12H16BrNS. The average Bonchev–Trinajstić information content (AvgIpc) is 2.85. The van der Waals surface area contributed by atoms with Crippen molar-refractivity contribution in [2.24, 2.45) is 5.92 Å². The van der Waals surface area contributed by atoms with E-state index < -0.39 is 0 Å². The van der Waals surface area contributed by atoms with Crippen molar-refractivity contribution in [2.45, 2.75) is 38.3 Å². The van der Waals surface area contributed by atoms with Crippen LogP contribution in [0.25, 0.3) is 0 Å². The maximum atomic E-state index is 3.53. The van der Waals surface area contributed by atoms with Crippen LogP contribution in [0.1, 0.15) is 30.6 Å². The highest BCUT2D eigenvalue weighted by Gasteiger charge is 2.37. The predicted molar refractivity (Wildman–Crippen MR) is 68.2 cm³/mol. The van der Waals surface area contributed by atoms with Gasteiger partial charge >= 0.3 is 0 Å². The largest absolute Gasteiger partial charge is 0.295 e. The highest BCUT2D eigenvalue weighted by Crippen LogP contribution is 2.38. The summed E-state index contributed by atoms with van der Waals surface area (Å²) in [7, 11) is 0. The molecule has 2 unspecified atom stereocenters. The number of nitrogens with zero attached hydrogens (tertiary/aromatic N) is 1. The van der Waals surface area contributed by atoms with Gasteiger partial charge in [0.2, 0.25) is 0 Å². The van der Waals surface area contributed by atoms with E-state index in [1.807, 2.05) is 11.3 Å². The minimum absolute atomic E-state index is 0.908. The van der Waals surface area contributed by atoms with Crippen molar-refractivity contribution in [3.63, 3.8) is 0 Å². The summed E-state index contributed by atoms with van der Waals surface area (Å²) in [6.07, 6.45) is 5.82. The molecule has 0 amide bonds. The van der Waals surface area contributed by atoms with Gasteiger partial charge in [0, 0.05) is 27.3 Å². The first-order valence-corrected chi connectivity index (χ1v) is 7.47. The third-order valence-corrected chi connectivity index (χ3v) is 5.54. The molecule has 1 aromatic rings. The first kappa shape index (κ1) is 10.3. The van der Waals surface area contributed by atoms with Crippen LogP contribution in [-0.4, -0.2) is 17.5 Å². The SMILES string of the molecule is Brc1csc(CN2CCC3CCCC32)c1. The quantitative estimate of drug-likeness (QED) is 0.797. The third-order valence-electron chi connectivity index (χ3n) is 3.86. The Bertz CT molecular complexity index is 349. The highest BCUT2D eigenvalue weighted by molar-refractivity contribution is 9.10. The highest BCUT2D eigenvalue weighted by atomic mass is 79.9. The molecule has 1 aliphatic heterocycles. The normalized spacial score (nSPS) is 31.0. The van der Waals surface area contributed by atoms with Crippen molar-refractivity contribution in [3.05, 3.63) is 20.8 Å². The molecule has 82 valence electrons. The van der Waals surface area contributed by atoms with E-state index in [0.717, 1.165) is 12.0 Å². The summed E-state index contributed by atoms with van der Waals surface area (Å²) in [5, 5.41) is 2.19. The summed E-state index contributed by atoms with van der Waals surface area (Å²) in [6, 6.07) is 3.18. The van der Waals surface area contributed by atoms with E-state index in [1.165, 1.54) is 48.1 Å². The Morgan fingerprint density at radius 1 is 1.40 bits per heavy atom. The lowest BCUT2D eigenvalue weighted by Crippen LogP contribution is -2.29. The number of rotatable bonds is 2. The summed E-state index contributed by atoms with van der Waals surface area (Å²) in [5.74, 6) is 1.02. The molecular weight excluding hydrogens is 270 g/mol. The molecule has 0 radical (unpaired) electrons. The van der Waals surface area contributed by atoms with Crippen LogP contribution < -0.4 is 0 Å². The van der Waals surface area contributed by atoms with E-state index >= 15 is 0 Å². The minimum atomic E-state index is 0.908. The molecule has 3 heteroatoms. The zero-order chi connectivity index (χ0) is 10.3. The van der Waals surface area contributed by atoms with Crippen LogP contribution in [0.5, 0.6) is 0 Å². The Kier molecular flexibility index (Phi) is 2.88. The fraction of sp³-hybridized carbons (Fsp3) is 0.667. The lowest BCUT2D eigenvalue weighted by atomic mass is 10.0. The minimum Gasteiger partial charge on any atom is -0.295 e. The van der Waals surface area contributed by atoms with Crippen molar-refractivity contribution in [3.8, 4) is 0 Å². The van der Waals surface area contributed by atoms with Gasteiger partial charge in [-0.25, -0.2) is 0 Å². The summed E-state index contributed by atoms with van der Waals surface area (Å²) in [6.45, 7) is 2.50. The van der Waals surface area contributed by atoms with Gasteiger partial charge in [0.25, 0.3) is 0 Å². The van der Waals surface area contributed by atoms with Crippen molar-refractivity contribution in [1.82, 2.24) is 4.90 Å². The first-order valence-electron chi connectivity index (χ1n) is 5.80. The standard InChI is InChI=1S/C12H16BrNS/c13-10-6-11(15-8-10)7-14-5-4-9-2-1-3-12(9)14/h6,8-9,12H,1-5,7H2. The molecule has 1 saturated heterocycles. The van der Waals surface area contributed by atoms with E-state index in [4.69, 9.17) is 0 Å². The molecule has 2 heterocycles. The monoisotopic (exact) mass is 285 g/mol. The van der Waals surface area contributed by atoms with E-state index in [1.54, 1.807) is 0 Å². The molecule has 15 heavy (non-hydrogen) atoms. The van der Waals surface area contributed by atoms with E-state index in [-0.39, 0.29) is 0 Å². The molecule has 1 nitrogen and oxygen atoms in total. The van der Waals surface area contributed by atoms with Crippen LogP contribution in [0.4, 0.5) is 0 Å². The van der Waals surface area contributed by atoms with Gasteiger partial charge in [0.1, 0.15) is 0 Å². The second-order valence-corrected chi connectivity index (χ2v) is 6.66. The maximum Gasteiger partial charge on any atom is 0.0331 e. The topological polar surface area (TPSA) is 3.24 Å². The van der Waals surface area contributed by atoms with Gasteiger partial charge in [0.05, 0.1) is 0 Å². The lowest BCUT2D eigenvalue weighted by Gasteiger charge is -2.22. The average molecular weight is 286 g/mol. The molecule has 0 aromatic carbocycles. The van der Waals surface area contributed by atoms with Crippen LogP contribution in [-0.2, 0) is 6.54 Å². The molecule has 0 bridgehead atoms. The summed E-state index contributed by atoms with van der Waals surface area (Å²) in [4.78, 5) is 4.21. The Morgan fingerprint density at radius 3 is 3.13 bits per heavy atom. The number of halogens is 1. The molecule has 1 saturated carbocycles. The van der Waals surface area contributed by atoms with Gasteiger partial charge in [-0.15, -0.1) is 11.3 Å². The van der Waals surface area contributed by atoms with E-state index in [2.05, 4.69) is 32.3 Å². The van der Waals surface area contributed by atoms with Gasteiger partial charge in [-0.1, -0.05) is 6.42 Å². The second-order valence-electron chi connectivity index (χ2n) is 4.75. The molecule has 2 fully saturated rings. The van der Waals surface area contributed by atoms with Gasteiger partial charge in [-0.2, -0.15) is 0 Å². The van der Waals surface area contributed by atoms with Crippen molar-refractivity contribution in [2.75, 3.05) is 6.54 Å². The first-order chi connectivity index (χ1) is 7.33. The van der Waals surface area contributed by atoms with Crippen molar-refractivity contribution in [1.29, 1.82) is 0 Å². The fourth-order valence-electron chi connectivity index (χ4n) is 3.17. The van der Waals surface area contributed by atoms with E-state index in [0.29, 0.717) is 0 Å². The zero-order valence-electron chi connectivity index (χ0n) is 8.79.